The first-order valence-corrected chi connectivity index (χ1v) is 5.93. The quantitative estimate of drug-likeness (QED) is 0.824. The number of thiazole rings is 1. The van der Waals surface area contributed by atoms with Crippen LogP contribution >= 0.6 is 22.7 Å². The highest BCUT2D eigenvalue weighted by Crippen LogP contribution is 2.19. The van der Waals surface area contributed by atoms with Gasteiger partial charge in [-0.1, -0.05) is 6.07 Å². The van der Waals surface area contributed by atoms with E-state index in [1.54, 1.807) is 4.57 Å². The molecule has 2 heterocycles. The maximum atomic E-state index is 9.82. The number of thiophene rings is 1. The van der Waals surface area contributed by atoms with Crippen molar-refractivity contribution in [1.29, 1.82) is 5.41 Å². The standard InChI is InChI=1S/C9H10N2OS2/c10-9-11(3-5-14-9)6-7(12)8-2-1-4-13-8/h1-5,7,10,12H,6H2. The fraction of sp³-hybridized carbons (Fsp3) is 0.222. The van der Waals surface area contributed by atoms with Crippen molar-refractivity contribution in [2.45, 2.75) is 12.6 Å². The summed E-state index contributed by atoms with van der Waals surface area (Å²) in [7, 11) is 0. The van der Waals surface area contributed by atoms with Gasteiger partial charge in [-0.2, -0.15) is 0 Å². The molecule has 0 aliphatic rings. The summed E-state index contributed by atoms with van der Waals surface area (Å²) in [5, 5.41) is 21.2. The molecular formula is C9H10N2OS2. The third-order valence-corrected chi connectivity index (χ3v) is 3.61. The van der Waals surface area contributed by atoms with E-state index in [1.165, 1.54) is 22.7 Å². The Labute approximate surface area is 89.4 Å². The van der Waals surface area contributed by atoms with E-state index in [-0.39, 0.29) is 0 Å². The normalized spacial score (nSPS) is 12.9. The van der Waals surface area contributed by atoms with Gasteiger partial charge in [-0.25, -0.2) is 0 Å². The lowest BCUT2D eigenvalue weighted by Gasteiger charge is -2.08. The highest BCUT2D eigenvalue weighted by Gasteiger charge is 2.09. The van der Waals surface area contributed by atoms with Crippen LogP contribution < -0.4 is 4.80 Å². The van der Waals surface area contributed by atoms with E-state index in [0.717, 1.165) is 4.88 Å². The van der Waals surface area contributed by atoms with Crippen molar-refractivity contribution in [3.05, 3.63) is 38.8 Å². The summed E-state index contributed by atoms with van der Waals surface area (Å²) in [6.45, 7) is 0.461. The van der Waals surface area contributed by atoms with Crippen LogP contribution in [-0.4, -0.2) is 9.67 Å². The van der Waals surface area contributed by atoms with Gasteiger partial charge in [0.15, 0.2) is 4.80 Å². The average molecular weight is 226 g/mol. The summed E-state index contributed by atoms with van der Waals surface area (Å²) in [5.74, 6) is 0. The molecule has 0 saturated heterocycles. The lowest BCUT2D eigenvalue weighted by Crippen LogP contribution is -2.16. The van der Waals surface area contributed by atoms with Crippen molar-refractivity contribution in [1.82, 2.24) is 4.57 Å². The van der Waals surface area contributed by atoms with E-state index in [2.05, 4.69) is 0 Å². The van der Waals surface area contributed by atoms with E-state index in [9.17, 15) is 5.11 Å². The second kappa shape index (κ2) is 4.08. The van der Waals surface area contributed by atoms with Crippen LogP contribution in [0.3, 0.4) is 0 Å². The molecule has 0 amide bonds. The molecule has 3 nitrogen and oxygen atoms in total. The third-order valence-electron chi connectivity index (χ3n) is 1.92. The zero-order chi connectivity index (χ0) is 9.97. The van der Waals surface area contributed by atoms with Crippen LogP contribution in [0.15, 0.2) is 29.1 Å². The number of nitrogens with one attached hydrogen (secondary N) is 1. The van der Waals surface area contributed by atoms with Gasteiger partial charge in [-0.15, -0.1) is 22.7 Å². The maximum absolute atomic E-state index is 9.82. The molecule has 14 heavy (non-hydrogen) atoms. The van der Waals surface area contributed by atoms with Gasteiger partial charge in [-0.3, -0.25) is 5.41 Å². The third kappa shape index (κ3) is 1.95. The number of hydrogen-bond donors (Lipinski definition) is 2. The summed E-state index contributed by atoms with van der Waals surface area (Å²) >= 11 is 2.90. The lowest BCUT2D eigenvalue weighted by molar-refractivity contribution is 0.159. The zero-order valence-electron chi connectivity index (χ0n) is 7.38. The molecule has 0 bridgehead atoms. The summed E-state index contributed by atoms with van der Waals surface area (Å²) < 4.78 is 1.75. The molecule has 5 heteroatoms. The van der Waals surface area contributed by atoms with Crippen LogP contribution in [0.4, 0.5) is 0 Å². The number of rotatable bonds is 3. The first-order chi connectivity index (χ1) is 6.77. The lowest BCUT2D eigenvalue weighted by atomic mass is 10.3. The molecule has 0 aliphatic carbocycles. The first-order valence-electron chi connectivity index (χ1n) is 4.17. The van der Waals surface area contributed by atoms with Gasteiger partial charge < -0.3 is 9.67 Å². The monoisotopic (exact) mass is 226 g/mol. The van der Waals surface area contributed by atoms with Crippen LogP contribution in [0.5, 0.6) is 0 Å². The molecule has 2 aromatic heterocycles. The predicted octanol–water partition coefficient (Wildman–Crippen LogP) is 1.82. The minimum Gasteiger partial charge on any atom is -0.386 e. The maximum Gasteiger partial charge on any atom is 0.181 e. The topological polar surface area (TPSA) is 49.0 Å². The van der Waals surface area contributed by atoms with Crippen LogP contribution in [0.2, 0.25) is 0 Å². The molecule has 0 saturated carbocycles. The van der Waals surface area contributed by atoms with Crippen LogP contribution in [0, 0.1) is 5.41 Å². The first kappa shape index (κ1) is 9.64. The Morgan fingerprint density at radius 1 is 1.43 bits per heavy atom. The fourth-order valence-corrected chi connectivity index (χ4v) is 2.52. The van der Waals surface area contributed by atoms with Crippen molar-refractivity contribution >= 4 is 22.7 Å². The molecule has 1 atom stereocenters. The summed E-state index contributed by atoms with van der Waals surface area (Å²) in [6, 6.07) is 3.83. The second-order valence-electron chi connectivity index (χ2n) is 2.89. The van der Waals surface area contributed by atoms with E-state index < -0.39 is 6.10 Å². The Hall–Kier alpha value is -0.910. The van der Waals surface area contributed by atoms with Crippen molar-refractivity contribution in [3.8, 4) is 0 Å². The number of hydrogen-bond acceptors (Lipinski definition) is 4. The Bertz CT molecular complexity index is 443. The molecule has 2 rings (SSSR count). The second-order valence-corrected chi connectivity index (χ2v) is 4.77. The smallest absolute Gasteiger partial charge is 0.181 e. The summed E-state index contributed by atoms with van der Waals surface area (Å²) in [5.41, 5.74) is 0. The van der Waals surface area contributed by atoms with Gasteiger partial charge in [0.25, 0.3) is 0 Å². The highest BCUT2D eigenvalue weighted by atomic mass is 32.1. The molecule has 0 aromatic carbocycles. The number of aromatic nitrogens is 1. The van der Waals surface area contributed by atoms with Gasteiger partial charge >= 0.3 is 0 Å². The van der Waals surface area contributed by atoms with E-state index >= 15 is 0 Å². The molecule has 0 radical (unpaired) electrons. The summed E-state index contributed by atoms with van der Waals surface area (Å²) in [6.07, 6.45) is 1.32. The van der Waals surface area contributed by atoms with Gasteiger partial charge in [0, 0.05) is 16.5 Å². The van der Waals surface area contributed by atoms with Crippen molar-refractivity contribution in [3.63, 3.8) is 0 Å². The van der Waals surface area contributed by atoms with Crippen LogP contribution in [-0.2, 0) is 6.54 Å². The Kier molecular flexibility index (Phi) is 2.81. The van der Waals surface area contributed by atoms with Gasteiger partial charge in [-0.05, 0) is 11.4 Å². The number of aliphatic hydroxyl groups excluding tert-OH is 1. The molecule has 0 aliphatic heterocycles. The largest absolute Gasteiger partial charge is 0.386 e. The predicted molar refractivity (Wildman–Crippen MR) is 57.4 cm³/mol. The number of aliphatic hydroxyl groups is 1. The minimum atomic E-state index is -0.501. The van der Waals surface area contributed by atoms with E-state index in [1.807, 2.05) is 29.1 Å². The van der Waals surface area contributed by atoms with Crippen molar-refractivity contribution in [2.24, 2.45) is 0 Å². The van der Waals surface area contributed by atoms with E-state index in [4.69, 9.17) is 5.41 Å². The number of nitrogens with zero attached hydrogens (tertiary/aromatic N) is 1. The Morgan fingerprint density at radius 3 is 2.86 bits per heavy atom. The summed E-state index contributed by atoms with van der Waals surface area (Å²) in [4.78, 5) is 1.42. The van der Waals surface area contributed by atoms with Crippen molar-refractivity contribution in [2.75, 3.05) is 0 Å². The molecular weight excluding hydrogens is 216 g/mol. The van der Waals surface area contributed by atoms with Gasteiger partial charge in [0.1, 0.15) is 6.10 Å². The van der Waals surface area contributed by atoms with Crippen molar-refractivity contribution < 1.29 is 5.11 Å². The minimum absolute atomic E-state index is 0.461. The highest BCUT2D eigenvalue weighted by molar-refractivity contribution is 7.10. The van der Waals surface area contributed by atoms with Gasteiger partial charge in [0.05, 0.1) is 6.54 Å². The molecule has 74 valence electrons. The SMILES string of the molecule is N=c1sccn1CC(O)c1cccs1. The van der Waals surface area contributed by atoms with Gasteiger partial charge in [0.2, 0.25) is 0 Å². The van der Waals surface area contributed by atoms with Crippen LogP contribution in [0.1, 0.15) is 11.0 Å². The molecule has 2 N–H and O–H groups in total. The van der Waals surface area contributed by atoms with Crippen LogP contribution in [0.25, 0.3) is 0 Å². The molecule has 2 aromatic rings. The molecule has 0 spiro atoms. The Morgan fingerprint density at radius 2 is 2.29 bits per heavy atom. The molecule has 1 unspecified atom stereocenters. The molecule has 0 fully saturated rings. The van der Waals surface area contributed by atoms with E-state index in [0.29, 0.717) is 11.3 Å². The zero-order valence-corrected chi connectivity index (χ0v) is 9.02. The Balaban J connectivity index is 2.13. The fourth-order valence-electron chi connectivity index (χ4n) is 1.20. The average Bonchev–Trinajstić information content (AvgIpc) is 2.77.